The zero-order chi connectivity index (χ0) is 16.5. The summed E-state index contributed by atoms with van der Waals surface area (Å²) in [5.74, 6) is -0.0412. The third kappa shape index (κ3) is 2.88. The maximum absolute atomic E-state index is 12.6. The molecule has 2 atom stereocenters. The number of nitrogens with zero attached hydrogens (tertiary/aromatic N) is 5. The van der Waals surface area contributed by atoms with Gasteiger partial charge in [-0.3, -0.25) is 9.69 Å². The van der Waals surface area contributed by atoms with Crippen LogP contribution in [0.3, 0.4) is 0 Å². The molecular formula is C16H21N5O3. The number of para-hydroxylation sites is 1. The van der Waals surface area contributed by atoms with Gasteiger partial charge in [0.15, 0.2) is 0 Å². The molecule has 8 nitrogen and oxygen atoms in total. The first-order chi connectivity index (χ1) is 11.7. The van der Waals surface area contributed by atoms with Crippen molar-refractivity contribution in [3.63, 3.8) is 0 Å². The summed E-state index contributed by atoms with van der Waals surface area (Å²) in [6.45, 7) is 4.03. The maximum atomic E-state index is 12.6. The number of morpholine rings is 1. The Morgan fingerprint density at radius 1 is 1.25 bits per heavy atom. The SMILES string of the molecule is O=C(Cn1nnc2ccccc21)N1C[C@@H](O)[C@H](N2CCOCC2)C1. The van der Waals surface area contributed by atoms with Crippen molar-refractivity contribution in [2.24, 2.45) is 0 Å². The van der Waals surface area contributed by atoms with E-state index in [1.807, 2.05) is 24.3 Å². The van der Waals surface area contributed by atoms with E-state index in [1.165, 1.54) is 0 Å². The summed E-state index contributed by atoms with van der Waals surface area (Å²) in [5.41, 5.74) is 1.62. The fraction of sp³-hybridized carbons (Fsp3) is 0.562. The number of fused-ring (bicyclic) bond motifs is 1. The first kappa shape index (κ1) is 15.5. The number of aliphatic hydroxyl groups excluding tert-OH is 1. The fourth-order valence-electron chi connectivity index (χ4n) is 3.50. The number of carbonyl (C=O) groups is 1. The molecule has 0 spiro atoms. The number of carbonyl (C=O) groups excluding carboxylic acids is 1. The number of aromatic nitrogens is 3. The molecule has 0 bridgehead atoms. The Labute approximate surface area is 139 Å². The van der Waals surface area contributed by atoms with Gasteiger partial charge in [-0.15, -0.1) is 5.10 Å². The third-order valence-corrected chi connectivity index (χ3v) is 4.83. The molecule has 128 valence electrons. The number of β-amino-alcohol motifs (C(OH)–C–C–N with tert-alkyl or cyclic N) is 1. The highest BCUT2D eigenvalue weighted by molar-refractivity contribution is 5.80. The monoisotopic (exact) mass is 331 g/mol. The van der Waals surface area contributed by atoms with E-state index < -0.39 is 6.10 Å². The summed E-state index contributed by atoms with van der Waals surface area (Å²) >= 11 is 0. The van der Waals surface area contributed by atoms with Gasteiger partial charge >= 0.3 is 0 Å². The average Bonchev–Trinajstić information content (AvgIpc) is 3.20. The molecule has 24 heavy (non-hydrogen) atoms. The maximum Gasteiger partial charge on any atom is 0.244 e. The van der Waals surface area contributed by atoms with E-state index in [1.54, 1.807) is 9.58 Å². The van der Waals surface area contributed by atoms with Gasteiger partial charge in [-0.2, -0.15) is 0 Å². The Balaban J connectivity index is 1.43. The molecule has 0 radical (unpaired) electrons. The summed E-state index contributed by atoms with van der Waals surface area (Å²) in [6, 6.07) is 7.56. The Bertz CT molecular complexity index is 727. The molecule has 2 saturated heterocycles. The van der Waals surface area contributed by atoms with E-state index in [0.29, 0.717) is 26.3 Å². The zero-order valence-electron chi connectivity index (χ0n) is 13.4. The van der Waals surface area contributed by atoms with Crippen LogP contribution in [0.5, 0.6) is 0 Å². The fourth-order valence-corrected chi connectivity index (χ4v) is 3.50. The molecule has 0 aliphatic carbocycles. The third-order valence-electron chi connectivity index (χ3n) is 4.83. The lowest BCUT2D eigenvalue weighted by Gasteiger charge is -2.33. The smallest absolute Gasteiger partial charge is 0.244 e. The van der Waals surface area contributed by atoms with Crippen LogP contribution in [0.15, 0.2) is 24.3 Å². The van der Waals surface area contributed by atoms with Crippen LogP contribution < -0.4 is 0 Å². The minimum atomic E-state index is -0.514. The van der Waals surface area contributed by atoms with Crippen LogP contribution in [0.4, 0.5) is 0 Å². The summed E-state index contributed by atoms with van der Waals surface area (Å²) in [6.07, 6.45) is -0.514. The predicted molar refractivity (Wildman–Crippen MR) is 86.3 cm³/mol. The molecule has 2 aliphatic heterocycles. The van der Waals surface area contributed by atoms with Crippen molar-refractivity contribution in [3.8, 4) is 0 Å². The van der Waals surface area contributed by atoms with Crippen molar-refractivity contribution in [2.45, 2.75) is 18.7 Å². The first-order valence-electron chi connectivity index (χ1n) is 8.28. The van der Waals surface area contributed by atoms with Gasteiger partial charge in [0.25, 0.3) is 0 Å². The number of aliphatic hydroxyl groups is 1. The summed E-state index contributed by atoms with van der Waals surface area (Å²) in [7, 11) is 0. The lowest BCUT2D eigenvalue weighted by atomic mass is 10.2. The highest BCUT2D eigenvalue weighted by atomic mass is 16.5. The number of rotatable bonds is 3. The number of ether oxygens (including phenoxy) is 1. The van der Waals surface area contributed by atoms with Crippen LogP contribution in [0, 0.1) is 0 Å². The second-order valence-electron chi connectivity index (χ2n) is 6.32. The Morgan fingerprint density at radius 2 is 2.04 bits per heavy atom. The number of likely N-dealkylation sites (tertiary alicyclic amines) is 1. The first-order valence-corrected chi connectivity index (χ1v) is 8.28. The Hall–Kier alpha value is -2.03. The van der Waals surface area contributed by atoms with Gasteiger partial charge in [0.1, 0.15) is 12.1 Å². The Kier molecular flexibility index (Phi) is 4.17. The highest BCUT2D eigenvalue weighted by Gasteiger charge is 2.38. The van der Waals surface area contributed by atoms with E-state index in [2.05, 4.69) is 15.2 Å². The second-order valence-corrected chi connectivity index (χ2v) is 6.32. The van der Waals surface area contributed by atoms with Crippen molar-refractivity contribution in [1.82, 2.24) is 24.8 Å². The van der Waals surface area contributed by atoms with Gasteiger partial charge < -0.3 is 14.7 Å². The molecule has 8 heteroatoms. The van der Waals surface area contributed by atoms with Gasteiger partial charge in [-0.1, -0.05) is 17.3 Å². The van der Waals surface area contributed by atoms with Crippen molar-refractivity contribution in [1.29, 1.82) is 0 Å². The number of hydrogen-bond donors (Lipinski definition) is 1. The molecule has 1 aromatic carbocycles. The van der Waals surface area contributed by atoms with Crippen molar-refractivity contribution < 1.29 is 14.6 Å². The molecular weight excluding hydrogens is 310 g/mol. The highest BCUT2D eigenvalue weighted by Crippen LogP contribution is 2.19. The predicted octanol–water partition coefficient (Wildman–Crippen LogP) is -0.665. The number of hydrogen-bond acceptors (Lipinski definition) is 6. The standard InChI is InChI=1S/C16H21N5O3/c22-15-10-20(9-14(15)19-5-7-24-8-6-19)16(23)11-21-13-4-2-1-3-12(13)17-18-21/h1-4,14-15,22H,5-11H2/t14-,15-/m1/s1. The van der Waals surface area contributed by atoms with Gasteiger partial charge in [0.05, 0.1) is 30.9 Å². The van der Waals surface area contributed by atoms with Crippen molar-refractivity contribution in [2.75, 3.05) is 39.4 Å². The topological polar surface area (TPSA) is 83.7 Å². The Morgan fingerprint density at radius 3 is 2.88 bits per heavy atom. The van der Waals surface area contributed by atoms with Gasteiger partial charge in [0, 0.05) is 26.2 Å². The summed E-state index contributed by atoms with van der Waals surface area (Å²) in [5, 5.41) is 18.5. The molecule has 2 aromatic rings. The minimum Gasteiger partial charge on any atom is -0.390 e. The number of benzene rings is 1. The van der Waals surface area contributed by atoms with E-state index in [-0.39, 0.29) is 18.5 Å². The molecule has 0 saturated carbocycles. The molecule has 1 amide bonds. The van der Waals surface area contributed by atoms with E-state index >= 15 is 0 Å². The summed E-state index contributed by atoms with van der Waals surface area (Å²) in [4.78, 5) is 16.6. The quantitative estimate of drug-likeness (QED) is 0.804. The molecule has 3 heterocycles. The van der Waals surface area contributed by atoms with Crippen LogP contribution in [-0.4, -0.2) is 87.3 Å². The van der Waals surface area contributed by atoms with Crippen molar-refractivity contribution >= 4 is 16.9 Å². The molecule has 0 unspecified atom stereocenters. The van der Waals surface area contributed by atoms with Crippen LogP contribution in [-0.2, 0) is 16.1 Å². The van der Waals surface area contributed by atoms with Gasteiger partial charge in [-0.05, 0) is 12.1 Å². The van der Waals surface area contributed by atoms with Gasteiger partial charge in [0.2, 0.25) is 5.91 Å². The van der Waals surface area contributed by atoms with E-state index in [9.17, 15) is 9.90 Å². The molecule has 1 aromatic heterocycles. The normalized spacial score (nSPS) is 25.5. The minimum absolute atomic E-state index is 0.00894. The lowest BCUT2D eigenvalue weighted by molar-refractivity contribution is -0.131. The van der Waals surface area contributed by atoms with Crippen molar-refractivity contribution in [3.05, 3.63) is 24.3 Å². The van der Waals surface area contributed by atoms with Crippen LogP contribution >= 0.6 is 0 Å². The van der Waals surface area contributed by atoms with Crippen LogP contribution in [0.2, 0.25) is 0 Å². The van der Waals surface area contributed by atoms with E-state index in [0.717, 1.165) is 24.1 Å². The molecule has 4 rings (SSSR count). The molecule has 2 fully saturated rings. The van der Waals surface area contributed by atoms with Crippen LogP contribution in [0.1, 0.15) is 0 Å². The van der Waals surface area contributed by atoms with E-state index in [4.69, 9.17) is 4.74 Å². The largest absolute Gasteiger partial charge is 0.390 e. The summed E-state index contributed by atoms with van der Waals surface area (Å²) < 4.78 is 6.97. The molecule has 2 aliphatic rings. The van der Waals surface area contributed by atoms with Crippen LogP contribution in [0.25, 0.3) is 11.0 Å². The lowest BCUT2D eigenvalue weighted by Crippen LogP contribution is -2.49. The second kappa shape index (κ2) is 6.46. The number of amides is 1. The zero-order valence-corrected chi connectivity index (χ0v) is 13.4. The molecule has 1 N–H and O–H groups in total. The average molecular weight is 331 g/mol. The van der Waals surface area contributed by atoms with Gasteiger partial charge in [-0.25, -0.2) is 4.68 Å².